The molecule has 122 valence electrons. The van der Waals surface area contributed by atoms with Gasteiger partial charge >= 0.3 is 5.97 Å². The molecule has 0 spiro atoms. The van der Waals surface area contributed by atoms with Gasteiger partial charge in [0.2, 0.25) is 0 Å². The van der Waals surface area contributed by atoms with E-state index >= 15 is 0 Å². The van der Waals surface area contributed by atoms with E-state index in [1.54, 1.807) is 26.2 Å². The quantitative estimate of drug-likeness (QED) is 0.595. The van der Waals surface area contributed by atoms with Crippen molar-refractivity contribution in [2.24, 2.45) is 0 Å². The lowest BCUT2D eigenvalue weighted by Gasteiger charge is -2.16. The van der Waals surface area contributed by atoms with Gasteiger partial charge in [-0.25, -0.2) is 4.79 Å². The van der Waals surface area contributed by atoms with Gasteiger partial charge < -0.3 is 9.47 Å². The second kappa shape index (κ2) is 6.93. The highest BCUT2D eigenvalue weighted by atomic mass is 35.5. The fourth-order valence-electron chi connectivity index (χ4n) is 2.64. The Bertz CT molecular complexity index is 889. The summed E-state index contributed by atoms with van der Waals surface area (Å²) in [4.78, 5) is 12.6. The SMILES string of the molecule is COc1cc2ccccc2cc1C(=O)O[C@@H](C)c1ccccc1Cl. The molecule has 3 rings (SSSR count). The topological polar surface area (TPSA) is 35.5 Å². The lowest BCUT2D eigenvalue weighted by atomic mass is 10.1. The van der Waals surface area contributed by atoms with Crippen molar-refractivity contribution in [1.82, 2.24) is 0 Å². The standard InChI is InChI=1S/C20H17ClO3/c1-13(16-9-5-6-10-18(16)21)24-20(22)17-11-14-7-3-4-8-15(14)12-19(17)23-2/h3-13H,1-2H3/t13-/m0/s1. The number of halogens is 1. The van der Waals surface area contributed by atoms with Crippen molar-refractivity contribution in [3.05, 3.63) is 76.8 Å². The number of methoxy groups -OCH3 is 1. The molecule has 0 saturated carbocycles. The molecular weight excluding hydrogens is 324 g/mol. The van der Waals surface area contributed by atoms with E-state index in [1.165, 1.54) is 0 Å². The Kier molecular flexibility index (Phi) is 4.72. The predicted molar refractivity (Wildman–Crippen MR) is 95.8 cm³/mol. The fraction of sp³-hybridized carbons (Fsp3) is 0.150. The molecule has 0 aliphatic carbocycles. The highest BCUT2D eigenvalue weighted by Crippen LogP contribution is 2.30. The number of rotatable bonds is 4. The van der Waals surface area contributed by atoms with Crippen LogP contribution in [0.1, 0.15) is 28.9 Å². The van der Waals surface area contributed by atoms with E-state index in [0.717, 1.165) is 16.3 Å². The Labute approximate surface area is 145 Å². The number of ether oxygens (including phenoxy) is 2. The number of fused-ring (bicyclic) bond motifs is 1. The zero-order chi connectivity index (χ0) is 17.1. The molecule has 4 heteroatoms. The summed E-state index contributed by atoms with van der Waals surface area (Å²) in [5.41, 5.74) is 1.17. The van der Waals surface area contributed by atoms with E-state index in [2.05, 4.69) is 0 Å². The van der Waals surface area contributed by atoms with Gasteiger partial charge in [-0.05, 0) is 35.9 Å². The van der Waals surface area contributed by atoms with Gasteiger partial charge in [0, 0.05) is 10.6 Å². The Morgan fingerprint density at radius 1 is 1.00 bits per heavy atom. The summed E-state index contributed by atoms with van der Waals surface area (Å²) in [6.07, 6.45) is -0.456. The molecule has 0 radical (unpaired) electrons. The molecule has 0 saturated heterocycles. The number of hydrogen-bond acceptors (Lipinski definition) is 3. The largest absolute Gasteiger partial charge is 0.496 e. The van der Waals surface area contributed by atoms with Crippen molar-refractivity contribution in [2.45, 2.75) is 13.0 Å². The number of benzene rings is 3. The number of hydrogen-bond donors (Lipinski definition) is 0. The third-order valence-corrected chi connectivity index (χ3v) is 4.26. The van der Waals surface area contributed by atoms with Crippen LogP contribution in [-0.4, -0.2) is 13.1 Å². The van der Waals surface area contributed by atoms with Crippen LogP contribution in [0.2, 0.25) is 5.02 Å². The maximum absolute atomic E-state index is 12.6. The number of carbonyl (C=O) groups excluding carboxylic acids is 1. The fourth-order valence-corrected chi connectivity index (χ4v) is 2.93. The zero-order valence-corrected chi connectivity index (χ0v) is 14.2. The van der Waals surface area contributed by atoms with Gasteiger partial charge in [-0.1, -0.05) is 54.1 Å². The van der Waals surface area contributed by atoms with Crippen LogP contribution in [0.25, 0.3) is 10.8 Å². The van der Waals surface area contributed by atoms with Crippen LogP contribution in [-0.2, 0) is 4.74 Å². The molecule has 24 heavy (non-hydrogen) atoms. The Balaban J connectivity index is 1.92. The summed E-state index contributed by atoms with van der Waals surface area (Å²) in [7, 11) is 1.54. The van der Waals surface area contributed by atoms with E-state index in [1.807, 2.05) is 48.5 Å². The van der Waals surface area contributed by atoms with Crippen molar-refractivity contribution in [3.8, 4) is 5.75 Å². The van der Waals surface area contributed by atoms with E-state index in [4.69, 9.17) is 21.1 Å². The summed E-state index contributed by atoms with van der Waals surface area (Å²) in [5, 5.41) is 2.53. The van der Waals surface area contributed by atoms with Crippen molar-refractivity contribution in [1.29, 1.82) is 0 Å². The van der Waals surface area contributed by atoms with Crippen LogP contribution in [0.5, 0.6) is 5.75 Å². The molecule has 0 heterocycles. The number of esters is 1. The Morgan fingerprint density at radius 3 is 2.29 bits per heavy atom. The van der Waals surface area contributed by atoms with E-state index < -0.39 is 12.1 Å². The normalized spacial score (nSPS) is 12.0. The monoisotopic (exact) mass is 340 g/mol. The Hall–Kier alpha value is -2.52. The minimum absolute atomic E-state index is 0.398. The molecule has 3 nitrogen and oxygen atoms in total. The van der Waals surface area contributed by atoms with Crippen LogP contribution in [0.15, 0.2) is 60.7 Å². The van der Waals surface area contributed by atoms with Crippen LogP contribution in [0, 0.1) is 0 Å². The summed E-state index contributed by atoms with van der Waals surface area (Å²) in [5.74, 6) is 0.0510. The first-order valence-corrected chi connectivity index (χ1v) is 8.00. The van der Waals surface area contributed by atoms with E-state index in [-0.39, 0.29) is 0 Å². The summed E-state index contributed by atoms with van der Waals surface area (Å²) in [6.45, 7) is 1.80. The first kappa shape index (κ1) is 16.3. The molecule has 0 aliphatic heterocycles. The van der Waals surface area contributed by atoms with E-state index in [9.17, 15) is 4.79 Å². The third kappa shape index (κ3) is 3.22. The van der Waals surface area contributed by atoms with Gasteiger partial charge in [0.05, 0.1) is 7.11 Å². The van der Waals surface area contributed by atoms with Gasteiger partial charge in [0.25, 0.3) is 0 Å². The third-order valence-electron chi connectivity index (χ3n) is 3.91. The highest BCUT2D eigenvalue weighted by molar-refractivity contribution is 6.31. The van der Waals surface area contributed by atoms with Crippen LogP contribution >= 0.6 is 11.6 Å². The smallest absolute Gasteiger partial charge is 0.342 e. The molecule has 0 amide bonds. The van der Waals surface area contributed by atoms with E-state index in [0.29, 0.717) is 16.3 Å². The van der Waals surface area contributed by atoms with Crippen LogP contribution < -0.4 is 4.74 Å². The second-order valence-corrected chi connectivity index (χ2v) is 5.88. The highest BCUT2D eigenvalue weighted by Gasteiger charge is 2.19. The minimum atomic E-state index is -0.456. The molecule has 0 N–H and O–H groups in total. The predicted octanol–water partition coefficient (Wildman–Crippen LogP) is 5.42. The van der Waals surface area contributed by atoms with Crippen molar-refractivity contribution >= 4 is 28.3 Å². The van der Waals surface area contributed by atoms with Gasteiger partial charge in [0.15, 0.2) is 0 Å². The maximum Gasteiger partial charge on any atom is 0.342 e. The van der Waals surface area contributed by atoms with Gasteiger partial charge in [-0.3, -0.25) is 0 Å². The average Bonchev–Trinajstić information content (AvgIpc) is 2.60. The first-order valence-electron chi connectivity index (χ1n) is 7.62. The minimum Gasteiger partial charge on any atom is -0.496 e. The summed E-state index contributed by atoms with van der Waals surface area (Å²) < 4.78 is 11.0. The Morgan fingerprint density at radius 2 is 1.62 bits per heavy atom. The lowest BCUT2D eigenvalue weighted by Crippen LogP contribution is -2.11. The zero-order valence-electron chi connectivity index (χ0n) is 13.5. The van der Waals surface area contributed by atoms with Gasteiger partial charge in [-0.15, -0.1) is 0 Å². The summed E-state index contributed by atoms with van der Waals surface area (Å²) >= 11 is 6.17. The van der Waals surface area contributed by atoms with Gasteiger partial charge in [0.1, 0.15) is 17.4 Å². The molecule has 0 unspecified atom stereocenters. The summed E-state index contributed by atoms with van der Waals surface area (Å²) in [6, 6.07) is 18.7. The molecule has 3 aromatic rings. The molecule has 0 aliphatic rings. The first-order chi connectivity index (χ1) is 11.6. The molecule has 1 atom stereocenters. The molecule has 3 aromatic carbocycles. The van der Waals surface area contributed by atoms with Crippen molar-refractivity contribution < 1.29 is 14.3 Å². The van der Waals surface area contributed by atoms with Crippen molar-refractivity contribution in [2.75, 3.05) is 7.11 Å². The molecular formula is C20H17ClO3. The molecule has 0 bridgehead atoms. The lowest BCUT2D eigenvalue weighted by molar-refractivity contribution is 0.0335. The second-order valence-electron chi connectivity index (χ2n) is 5.47. The number of carbonyl (C=O) groups is 1. The maximum atomic E-state index is 12.6. The average molecular weight is 341 g/mol. The van der Waals surface area contributed by atoms with Crippen LogP contribution in [0.3, 0.4) is 0 Å². The van der Waals surface area contributed by atoms with Crippen LogP contribution in [0.4, 0.5) is 0 Å². The molecule has 0 fully saturated rings. The van der Waals surface area contributed by atoms with Crippen molar-refractivity contribution in [3.63, 3.8) is 0 Å². The van der Waals surface area contributed by atoms with Gasteiger partial charge in [-0.2, -0.15) is 0 Å². The molecule has 0 aromatic heterocycles.